The van der Waals surface area contributed by atoms with Crippen LogP contribution >= 0.6 is 0 Å². The molecule has 0 saturated carbocycles. The van der Waals surface area contributed by atoms with Crippen molar-refractivity contribution < 1.29 is 14.5 Å². The number of methoxy groups -OCH3 is 1. The first-order chi connectivity index (χ1) is 9.60. The first-order valence-corrected chi connectivity index (χ1v) is 6.63. The first kappa shape index (κ1) is 16.1. The van der Waals surface area contributed by atoms with Crippen LogP contribution in [0.2, 0.25) is 0 Å². The van der Waals surface area contributed by atoms with Crippen LogP contribution in [0.1, 0.15) is 31.7 Å². The fourth-order valence-corrected chi connectivity index (χ4v) is 1.93. The highest BCUT2D eigenvalue weighted by atomic mass is 16.6. The first-order valence-electron chi connectivity index (χ1n) is 6.63. The van der Waals surface area contributed by atoms with Crippen LogP contribution in [0.15, 0.2) is 24.3 Å². The summed E-state index contributed by atoms with van der Waals surface area (Å²) in [7, 11) is 1.34. The van der Waals surface area contributed by atoms with Crippen molar-refractivity contribution in [1.29, 1.82) is 0 Å². The number of nitrogens with one attached hydrogen (secondary N) is 1. The number of nitro benzene ring substituents is 1. The van der Waals surface area contributed by atoms with Crippen LogP contribution < -0.4 is 5.32 Å². The predicted molar refractivity (Wildman–Crippen MR) is 75.3 cm³/mol. The molecule has 0 heterocycles. The molecule has 0 amide bonds. The molecule has 1 aromatic carbocycles. The van der Waals surface area contributed by atoms with E-state index in [4.69, 9.17) is 4.74 Å². The summed E-state index contributed by atoms with van der Waals surface area (Å²) in [5.41, 5.74) is 0.613. The Morgan fingerprint density at radius 1 is 1.45 bits per heavy atom. The predicted octanol–water partition coefficient (Wildman–Crippen LogP) is 2.42. The zero-order valence-corrected chi connectivity index (χ0v) is 11.8. The zero-order chi connectivity index (χ0) is 15.0. The van der Waals surface area contributed by atoms with Gasteiger partial charge in [-0.05, 0) is 6.42 Å². The molecule has 0 radical (unpaired) electrons. The lowest BCUT2D eigenvalue weighted by molar-refractivity contribution is -0.385. The number of hydrogen-bond acceptors (Lipinski definition) is 5. The summed E-state index contributed by atoms with van der Waals surface area (Å²) in [6.45, 7) is 2.30. The van der Waals surface area contributed by atoms with Gasteiger partial charge in [-0.15, -0.1) is 0 Å². The minimum absolute atomic E-state index is 0.0547. The molecule has 0 fully saturated rings. The van der Waals surface area contributed by atoms with Gasteiger partial charge in [0.05, 0.1) is 12.0 Å². The molecule has 0 aliphatic carbocycles. The topological polar surface area (TPSA) is 81.5 Å². The number of carbonyl (C=O) groups excluding carboxylic acids is 1. The summed E-state index contributed by atoms with van der Waals surface area (Å²) in [5.74, 6) is -0.336. The maximum Gasteiger partial charge on any atom is 0.322 e. The van der Waals surface area contributed by atoms with E-state index in [-0.39, 0.29) is 18.2 Å². The third-order valence-corrected chi connectivity index (χ3v) is 3.06. The molecule has 0 aliphatic rings. The van der Waals surface area contributed by atoms with E-state index in [1.54, 1.807) is 18.2 Å². The van der Waals surface area contributed by atoms with Gasteiger partial charge in [-0.3, -0.25) is 14.9 Å². The summed E-state index contributed by atoms with van der Waals surface area (Å²) in [5, 5.41) is 14.0. The van der Waals surface area contributed by atoms with Crippen molar-refractivity contribution in [3.05, 3.63) is 39.9 Å². The molecule has 0 aliphatic heterocycles. The van der Waals surface area contributed by atoms with E-state index in [0.717, 1.165) is 12.8 Å². The summed E-state index contributed by atoms with van der Waals surface area (Å²) < 4.78 is 4.74. The van der Waals surface area contributed by atoms with E-state index in [1.807, 2.05) is 6.92 Å². The molecule has 20 heavy (non-hydrogen) atoms. The molecule has 0 saturated heterocycles. The van der Waals surface area contributed by atoms with Gasteiger partial charge in [0.25, 0.3) is 5.69 Å². The second-order valence-corrected chi connectivity index (χ2v) is 4.48. The maximum absolute atomic E-state index is 11.6. The molecular weight excluding hydrogens is 260 g/mol. The molecular formula is C14H20N2O4. The minimum Gasteiger partial charge on any atom is -0.468 e. The van der Waals surface area contributed by atoms with Gasteiger partial charge in [0, 0.05) is 18.2 Å². The van der Waals surface area contributed by atoms with Crippen molar-refractivity contribution >= 4 is 11.7 Å². The summed E-state index contributed by atoms with van der Waals surface area (Å²) in [6.07, 6.45) is 2.52. The number of ether oxygens (including phenoxy) is 1. The molecule has 6 heteroatoms. The molecule has 0 aromatic heterocycles. The fourth-order valence-electron chi connectivity index (χ4n) is 1.93. The van der Waals surface area contributed by atoms with E-state index < -0.39 is 11.0 Å². The lowest BCUT2D eigenvalue weighted by atomic mass is 10.1. The van der Waals surface area contributed by atoms with Crippen molar-refractivity contribution in [2.24, 2.45) is 0 Å². The number of para-hydroxylation sites is 1. The number of hydrogen-bond donors (Lipinski definition) is 1. The third kappa shape index (κ3) is 4.62. The standard InChI is InChI=1S/C14H20N2O4/c1-3-4-8-12(14(17)20-2)15-10-11-7-5-6-9-13(11)16(18)19/h5-7,9,12,15H,3-4,8,10H2,1-2H3. The zero-order valence-electron chi connectivity index (χ0n) is 11.8. The van der Waals surface area contributed by atoms with Crippen LogP contribution in [0.4, 0.5) is 5.69 Å². The Morgan fingerprint density at radius 2 is 2.15 bits per heavy atom. The second-order valence-electron chi connectivity index (χ2n) is 4.48. The monoisotopic (exact) mass is 280 g/mol. The van der Waals surface area contributed by atoms with Gasteiger partial charge in [0.1, 0.15) is 6.04 Å². The highest BCUT2D eigenvalue weighted by molar-refractivity contribution is 5.75. The van der Waals surface area contributed by atoms with Gasteiger partial charge in [0.15, 0.2) is 0 Å². The van der Waals surface area contributed by atoms with Crippen molar-refractivity contribution in [3.8, 4) is 0 Å². The number of esters is 1. The molecule has 1 N–H and O–H groups in total. The molecule has 1 atom stereocenters. The van der Waals surface area contributed by atoms with Crippen LogP contribution in [0, 0.1) is 10.1 Å². The van der Waals surface area contributed by atoms with Crippen LogP contribution in [0.5, 0.6) is 0 Å². The van der Waals surface area contributed by atoms with Gasteiger partial charge in [0.2, 0.25) is 0 Å². The third-order valence-electron chi connectivity index (χ3n) is 3.06. The van der Waals surface area contributed by atoms with E-state index in [9.17, 15) is 14.9 Å². The smallest absolute Gasteiger partial charge is 0.322 e. The quantitative estimate of drug-likeness (QED) is 0.449. The Hall–Kier alpha value is -1.95. The number of nitro groups is 1. The van der Waals surface area contributed by atoms with Crippen molar-refractivity contribution in [3.63, 3.8) is 0 Å². The normalized spacial score (nSPS) is 11.9. The lowest BCUT2D eigenvalue weighted by Gasteiger charge is -2.16. The highest BCUT2D eigenvalue weighted by Crippen LogP contribution is 2.17. The number of unbranched alkanes of at least 4 members (excludes halogenated alkanes) is 1. The SMILES string of the molecule is CCCCC(NCc1ccccc1[N+](=O)[O-])C(=O)OC. The Morgan fingerprint density at radius 3 is 2.75 bits per heavy atom. The largest absolute Gasteiger partial charge is 0.468 e. The van der Waals surface area contributed by atoms with Crippen molar-refractivity contribution in [1.82, 2.24) is 5.32 Å². The Kier molecular flexibility index (Phi) is 6.66. The molecule has 0 bridgehead atoms. The number of rotatable bonds is 8. The van der Waals surface area contributed by atoms with Crippen LogP contribution in [0.3, 0.4) is 0 Å². The number of benzene rings is 1. The summed E-state index contributed by atoms with van der Waals surface area (Å²) >= 11 is 0. The number of carbonyl (C=O) groups is 1. The Labute approximate surface area is 118 Å². The van der Waals surface area contributed by atoms with Gasteiger partial charge in [-0.2, -0.15) is 0 Å². The number of nitrogens with zero attached hydrogens (tertiary/aromatic N) is 1. The van der Waals surface area contributed by atoms with Crippen LogP contribution in [-0.4, -0.2) is 24.0 Å². The van der Waals surface area contributed by atoms with Crippen LogP contribution in [0.25, 0.3) is 0 Å². The van der Waals surface area contributed by atoms with Crippen molar-refractivity contribution in [2.45, 2.75) is 38.8 Å². The molecule has 6 nitrogen and oxygen atoms in total. The Balaban J connectivity index is 2.71. The highest BCUT2D eigenvalue weighted by Gasteiger charge is 2.19. The maximum atomic E-state index is 11.6. The minimum atomic E-state index is -0.431. The van der Waals surface area contributed by atoms with E-state index in [2.05, 4.69) is 5.32 Å². The van der Waals surface area contributed by atoms with Gasteiger partial charge in [-0.1, -0.05) is 38.0 Å². The second kappa shape index (κ2) is 8.27. The van der Waals surface area contributed by atoms with Gasteiger partial charge < -0.3 is 10.1 Å². The molecule has 110 valence electrons. The molecule has 1 aromatic rings. The van der Waals surface area contributed by atoms with Gasteiger partial charge >= 0.3 is 5.97 Å². The fraction of sp³-hybridized carbons (Fsp3) is 0.500. The molecule has 1 rings (SSSR count). The lowest BCUT2D eigenvalue weighted by Crippen LogP contribution is -2.37. The van der Waals surface area contributed by atoms with E-state index in [0.29, 0.717) is 12.0 Å². The van der Waals surface area contributed by atoms with Crippen molar-refractivity contribution in [2.75, 3.05) is 7.11 Å². The van der Waals surface area contributed by atoms with E-state index >= 15 is 0 Å². The summed E-state index contributed by atoms with van der Waals surface area (Å²) in [6, 6.07) is 6.06. The molecule has 0 spiro atoms. The summed E-state index contributed by atoms with van der Waals surface area (Å²) in [4.78, 5) is 22.1. The Bertz CT molecular complexity index is 462. The molecule has 1 unspecified atom stereocenters. The van der Waals surface area contributed by atoms with Crippen LogP contribution in [-0.2, 0) is 16.1 Å². The van der Waals surface area contributed by atoms with Gasteiger partial charge in [-0.25, -0.2) is 0 Å². The average molecular weight is 280 g/mol. The average Bonchev–Trinajstić information content (AvgIpc) is 2.46. The van der Waals surface area contributed by atoms with E-state index in [1.165, 1.54) is 13.2 Å².